The SMILES string of the molecule is CCSc1nnc(NC(=O)c2nc(NC3CCCCC3N=C(N)N)c3cc(C)ccc3n2)s1. The molecule has 1 aliphatic rings. The second kappa shape index (κ2) is 10.3. The minimum Gasteiger partial charge on any atom is -0.370 e. The van der Waals surface area contributed by atoms with Crippen LogP contribution in [0.25, 0.3) is 10.9 Å². The quantitative estimate of drug-likeness (QED) is 0.171. The lowest BCUT2D eigenvalue weighted by Crippen LogP contribution is -2.38. The maximum absolute atomic E-state index is 13.0. The summed E-state index contributed by atoms with van der Waals surface area (Å²) in [5, 5.41) is 15.6. The molecule has 0 saturated heterocycles. The molecule has 0 aliphatic heterocycles. The Morgan fingerprint density at radius 2 is 2.06 bits per heavy atom. The van der Waals surface area contributed by atoms with Crippen LogP contribution in [0.1, 0.15) is 48.8 Å². The van der Waals surface area contributed by atoms with Crippen LogP contribution in [0.2, 0.25) is 0 Å². The molecule has 174 valence electrons. The summed E-state index contributed by atoms with van der Waals surface area (Å²) in [6.45, 7) is 4.04. The molecule has 33 heavy (non-hydrogen) atoms. The van der Waals surface area contributed by atoms with Crippen molar-refractivity contribution in [1.82, 2.24) is 20.2 Å². The van der Waals surface area contributed by atoms with Gasteiger partial charge in [-0.2, -0.15) is 0 Å². The molecule has 2 unspecified atom stereocenters. The lowest BCUT2D eigenvalue weighted by atomic mass is 9.90. The highest BCUT2D eigenvalue weighted by Crippen LogP contribution is 2.29. The summed E-state index contributed by atoms with van der Waals surface area (Å²) >= 11 is 2.90. The van der Waals surface area contributed by atoms with Gasteiger partial charge in [0.15, 0.2) is 10.3 Å². The van der Waals surface area contributed by atoms with Gasteiger partial charge in [-0.05, 0) is 37.7 Å². The number of anilines is 2. The zero-order valence-corrected chi connectivity index (χ0v) is 20.2. The Morgan fingerprint density at radius 1 is 1.24 bits per heavy atom. The van der Waals surface area contributed by atoms with Crippen LogP contribution in [0, 0.1) is 6.92 Å². The van der Waals surface area contributed by atoms with Crippen molar-refractivity contribution >= 4 is 56.8 Å². The van der Waals surface area contributed by atoms with Crippen molar-refractivity contribution in [2.45, 2.75) is 56.0 Å². The van der Waals surface area contributed by atoms with E-state index in [1.807, 2.05) is 32.0 Å². The van der Waals surface area contributed by atoms with E-state index >= 15 is 0 Å². The molecule has 0 bridgehead atoms. The molecule has 2 heterocycles. The second-order valence-corrected chi connectivity index (χ2v) is 10.3. The summed E-state index contributed by atoms with van der Waals surface area (Å²) in [4.78, 5) is 26.5. The third-order valence-corrected chi connectivity index (χ3v) is 7.17. The van der Waals surface area contributed by atoms with Crippen LogP contribution in [-0.2, 0) is 0 Å². The Morgan fingerprint density at radius 3 is 2.85 bits per heavy atom. The summed E-state index contributed by atoms with van der Waals surface area (Å²) in [5.74, 6) is 1.18. The number of aromatic nitrogens is 4. The summed E-state index contributed by atoms with van der Waals surface area (Å²) < 4.78 is 0.799. The molecule has 2 atom stereocenters. The number of nitrogens with one attached hydrogen (secondary N) is 2. The number of thioether (sulfide) groups is 1. The molecule has 1 amide bonds. The molecule has 1 aliphatic carbocycles. The number of aliphatic imine (C=N–C) groups is 1. The molecule has 2 aromatic heterocycles. The van der Waals surface area contributed by atoms with Gasteiger partial charge in [-0.1, -0.05) is 54.5 Å². The lowest BCUT2D eigenvalue weighted by molar-refractivity contribution is 0.101. The number of carbonyl (C=O) groups excluding carboxylic acids is 1. The van der Waals surface area contributed by atoms with E-state index in [9.17, 15) is 4.79 Å². The van der Waals surface area contributed by atoms with E-state index in [-0.39, 0.29) is 23.9 Å². The van der Waals surface area contributed by atoms with Crippen LogP contribution < -0.4 is 22.1 Å². The van der Waals surface area contributed by atoms with E-state index in [0.717, 1.165) is 46.7 Å². The highest BCUT2D eigenvalue weighted by atomic mass is 32.2. The van der Waals surface area contributed by atoms with Crippen molar-refractivity contribution in [2.75, 3.05) is 16.4 Å². The molecule has 4 rings (SSSR count). The first-order valence-corrected chi connectivity index (χ1v) is 12.6. The van der Waals surface area contributed by atoms with Gasteiger partial charge in [0.05, 0.1) is 17.6 Å². The van der Waals surface area contributed by atoms with Crippen molar-refractivity contribution in [3.8, 4) is 0 Å². The van der Waals surface area contributed by atoms with E-state index in [0.29, 0.717) is 16.5 Å². The second-order valence-electron chi connectivity index (χ2n) is 7.83. The predicted molar refractivity (Wildman–Crippen MR) is 134 cm³/mol. The highest BCUT2D eigenvalue weighted by Gasteiger charge is 2.26. The number of fused-ring (bicyclic) bond motifs is 1. The topological polar surface area (TPSA) is 157 Å². The number of guanidine groups is 1. The Kier molecular flexibility index (Phi) is 7.23. The number of amides is 1. The molecule has 12 heteroatoms. The first kappa shape index (κ1) is 23.2. The molecule has 0 spiro atoms. The van der Waals surface area contributed by atoms with Crippen molar-refractivity contribution in [1.29, 1.82) is 0 Å². The van der Waals surface area contributed by atoms with Crippen LogP contribution in [-0.4, -0.2) is 49.9 Å². The fraction of sp³-hybridized carbons (Fsp3) is 0.429. The van der Waals surface area contributed by atoms with Crippen LogP contribution >= 0.6 is 23.1 Å². The summed E-state index contributed by atoms with van der Waals surface area (Å²) in [5.41, 5.74) is 13.1. The zero-order chi connectivity index (χ0) is 23.4. The number of aryl methyl sites for hydroxylation is 1. The maximum atomic E-state index is 13.0. The van der Waals surface area contributed by atoms with Gasteiger partial charge in [0.25, 0.3) is 5.91 Å². The zero-order valence-electron chi connectivity index (χ0n) is 18.5. The molecule has 1 fully saturated rings. The van der Waals surface area contributed by atoms with Gasteiger partial charge in [0.1, 0.15) is 5.82 Å². The van der Waals surface area contributed by atoms with Gasteiger partial charge in [-0.25, -0.2) is 15.0 Å². The lowest BCUT2D eigenvalue weighted by Gasteiger charge is -2.30. The molecule has 1 saturated carbocycles. The fourth-order valence-electron chi connectivity index (χ4n) is 3.85. The van der Waals surface area contributed by atoms with Crippen LogP contribution in [0.5, 0.6) is 0 Å². The molecule has 6 N–H and O–H groups in total. The van der Waals surface area contributed by atoms with Crippen LogP contribution in [0.15, 0.2) is 27.5 Å². The third kappa shape index (κ3) is 5.69. The van der Waals surface area contributed by atoms with Crippen molar-refractivity contribution in [2.24, 2.45) is 16.5 Å². The normalized spacial score (nSPS) is 18.1. The summed E-state index contributed by atoms with van der Waals surface area (Å²) in [6, 6.07) is 5.82. The van der Waals surface area contributed by atoms with Gasteiger partial charge >= 0.3 is 0 Å². The average Bonchev–Trinajstić information content (AvgIpc) is 3.22. The number of hydrogen-bond acceptors (Lipinski definition) is 9. The molecule has 1 aromatic carbocycles. The van der Waals surface area contributed by atoms with Gasteiger partial charge in [-0.3, -0.25) is 10.1 Å². The molecule has 0 radical (unpaired) electrons. The minimum absolute atomic E-state index is 0.00663. The largest absolute Gasteiger partial charge is 0.370 e. The molecule has 10 nitrogen and oxygen atoms in total. The summed E-state index contributed by atoms with van der Waals surface area (Å²) in [6.07, 6.45) is 3.93. The Balaban J connectivity index is 1.65. The van der Waals surface area contributed by atoms with Crippen molar-refractivity contribution in [3.63, 3.8) is 0 Å². The number of nitrogens with two attached hydrogens (primary N) is 2. The Hall–Kier alpha value is -2.99. The van der Waals surface area contributed by atoms with E-state index in [1.165, 1.54) is 11.3 Å². The first-order chi connectivity index (χ1) is 15.9. The third-order valence-electron chi connectivity index (χ3n) is 5.32. The predicted octanol–water partition coefficient (Wildman–Crippen LogP) is 3.15. The van der Waals surface area contributed by atoms with E-state index in [1.54, 1.807) is 11.8 Å². The maximum Gasteiger partial charge on any atom is 0.295 e. The Bertz CT molecular complexity index is 1180. The smallest absolute Gasteiger partial charge is 0.295 e. The van der Waals surface area contributed by atoms with Gasteiger partial charge in [0, 0.05) is 5.39 Å². The number of rotatable bonds is 7. The van der Waals surface area contributed by atoms with Gasteiger partial charge in [0.2, 0.25) is 11.0 Å². The number of carbonyl (C=O) groups is 1. The highest BCUT2D eigenvalue weighted by molar-refractivity contribution is 8.01. The van der Waals surface area contributed by atoms with Crippen LogP contribution in [0.3, 0.4) is 0 Å². The fourth-order valence-corrected chi connectivity index (χ4v) is 5.49. The van der Waals surface area contributed by atoms with E-state index in [2.05, 4.69) is 35.8 Å². The standard InChI is InChI=1S/C21H27N9OS2/c1-3-32-21-30-29-20(33-21)28-18(31)17-24-13-9-8-11(2)10-12(13)16(27-17)25-14-6-4-5-7-15(14)26-19(22)23/h8-10,14-15H,3-7H2,1-2H3,(H4,22,23,26)(H,24,25,27)(H,28,29,31). The minimum atomic E-state index is -0.436. The monoisotopic (exact) mass is 485 g/mol. The van der Waals surface area contributed by atoms with Crippen molar-refractivity contribution < 1.29 is 4.79 Å². The number of nitrogens with zero attached hydrogens (tertiary/aromatic N) is 5. The van der Waals surface area contributed by atoms with E-state index < -0.39 is 5.91 Å². The molecule has 3 aromatic rings. The molecular weight excluding hydrogens is 458 g/mol. The first-order valence-electron chi connectivity index (χ1n) is 10.8. The van der Waals surface area contributed by atoms with Gasteiger partial charge in [-0.15, -0.1) is 10.2 Å². The number of hydrogen-bond donors (Lipinski definition) is 4. The van der Waals surface area contributed by atoms with Gasteiger partial charge < -0.3 is 16.8 Å². The summed E-state index contributed by atoms with van der Waals surface area (Å²) in [7, 11) is 0. The molecular formula is C21H27N9OS2. The Labute approximate surface area is 200 Å². The van der Waals surface area contributed by atoms with Crippen molar-refractivity contribution in [3.05, 3.63) is 29.6 Å². The van der Waals surface area contributed by atoms with Crippen LogP contribution in [0.4, 0.5) is 10.9 Å². The average molecular weight is 486 g/mol. The van der Waals surface area contributed by atoms with E-state index in [4.69, 9.17) is 11.5 Å². The number of benzene rings is 1.